The largest absolute Gasteiger partial charge is 0.466 e. The third-order valence-electron chi connectivity index (χ3n) is 6.48. The van der Waals surface area contributed by atoms with Gasteiger partial charge in [0.2, 0.25) is 0 Å². The first kappa shape index (κ1) is 14.3. The van der Waals surface area contributed by atoms with Crippen molar-refractivity contribution in [3.63, 3.8) is 0 Å². The summed E-state index contributed by atoms with van der Waals surface area (Å²) in [4.78, 5) is 0. The minimum absolute atomic E-state index is 0.337. The molecule has 0 aromatic carbocycles. The molecule has 3 heteroatoms. The second kappa shape index (κ2) is 4.38. The van der Waals surface area contributed by atoms with Crippen LogP contribution in [0.15, 0.2) is 21.2 Å². The summed E-state index contributed by atoms with van der Waals surface area (Å²) in [5.74, 6) is 2.02. The van der Waals surface area contributed by atoms with Gasteiger partial charge in [0, 0.05) is 0 Å². The average molecular weight is 352 g/mol. The highest BCUT2D eigenvalue weighted by Gasteiger charge is 2.62. The zero-order chi connectivity index (χ0) is 14.9. The maximum Gasteiger partial charge on any atom is 0.135 e. The molecule has 0 amide bonds. The van der Waals surface area contributed by atoms with Crippen molar-refractivity contribution < 1.29 is 4.42 Å². The number of nitrogens with one attached hydrogen (secondary N) is 1. The van der Waals surface area contributed by atoms with Gasteiger partial charge in [0.25, 0.3) is 0 Å². The van der Waals surface area contributed by atoms with E-state index in [0.717, 1.165) is 16.2 Å². The molecular weight excluding hydrogens is 326 g/mol. The SMILES string of the molecule is CNC(c1occc1Br)C12CC3CC(C)(CC(C)(C3)C1)C2. The van der Waals surface area contributed by atoms with Gasteiger partial charge >= 0.3 is 0 Å². The Morgan fingerprint density at radius 1 is 1.19 bits per heavy atom. The predicted octanol–water partition coefficient (Wildman–Crippen LogP) is 5.30. The Morgan fingerprint density at radius 3 is 2.33 bits per heavy atom. The van der Waals surface area contributed by atoms with Gasteiger partial charge in [-0.2, -0.15) is 0 Å². The lowest BCUT2D eigenvalue weighted by molar-refractivity contribution is -0.160. The van der Waals surface area contributed by atoms with Crippen molar-refractivity contribution in [3.05, 3.63) is 22.6 Å². The van der Waals surface area contributed by atoms with E-state index < -0.39 is 0 Å². The molecule has 3 unspecified atom stereocenters. The van der Waals surface area contributed by atoms with Gasteiger partial charge in [0.15, 0.2) is 0 Å². The zero-order valence-corrected chi connectivity index (χ0v) is 14.9. The highest BCUT2D eigenvalue weighted by atomic mass is 79.9. The lowest BCUT2D eigenvalue weighted by Gasteiger charge is -2.67. The lowest BCUT2D eigenvalue weighted by Crippen LogP contribution is -2.58. The van der Waals surface area contributed by atoms with Gasteiger partial charge in [-0.1, -0.05) is 13.8 Å². The summed E-state index contributed by atoms with van der Waals surface area (Å²) in [6.45, 7) is 5.07. The average Bonchev–Trinajstić information content (AvgIpc) is 2.71. The van der Waals surface area contributed by atoms with E-state index in [0.29, 0.717) is 22.3 Å². The van der Waals surface area contributed by atoms with Crippen molar-refractivity contribution in [2.75, 3.05) is 7.05 Å². The van der Waals surface area contributed by atoms with Crippen LogP contribution in [0.2, 0.25) is 0 Å². The van der Waals surface area contributed by atoms with E-state index in [4.69, 9.17) is 4.42 Å². The van der Waals surface area contributed by atoms with Crippen molar-refractivity contribution in [2.24, 2.45) is 22.2 Å². The molecule has 1 aromatic heterocycles. The van der Waals surface area contributed by atoms with E-state index in [1.54, 1.807) is 0 Å². The van der Waals surface area contributed by atoms with Crippen LogP contribution in [0.25, 0.3) is 0 Å². The summed E-state index contributed by atoms with van der Waals surface area (Å²) < 4.78 is 6.98. The zero-order valence-electron chi connectivity index (χ0n) is 13.3. The molecule has 4 aliphatic rings. The standard InChI is InChI=1S/C18H26BrNO/c1-16-6-12-7-17(2,9-16)11-18(8-12,10-16)15(20-3)14-13(19)4-5-21-14/h4-5,12,15,20H,6-11H2,1-3H3. The van der Waals surface area contributed by atoms with E-state index in [2.05, 4.69) is 42.1 Å². The molecule has 4 saturated carbocycles. The molecule has 1 aromatic rings. The van der Waals surface area contributed by atoms with Crippen molar-refractivity contribution in [1.29, 1.82) is 0 Å². The minimum atomic E-state index is 0.337. The van der Waals surface area contributed by atoms with Crippen LogP contribution in [0.3, 0.4) is 0 Å². The van der Waals surface area contributed by atoms with Crippen molar-refractivity contribution in [3.8, 4) is 0 Å². The highest BCUT2D eigenvalue weighted by molar-refractivity contribution is 9.10. The Morgan fingerprint density at radius 2 is 1.86 bits per heavy atom. The third kappa shape index (κ3) is 2.07. The Balaban J connectivity index is 1.78. The predicted molar refractivity (Wildman–Crippen MR) is 88.0 cm³/mol. The van der Waals surface area contributed by atoms with Gasteiger partial charge in [0.05, 0.1) is 16.8 Å². The Hall–Kier alpha value is -0.280. The highest BCUT2D eigenvalue weighted by Crippen LogP contribution is 2.72. The summed E-state index contributed by atoms with van der Waals surface area (Å²) in [7, 11) is 2.10. The quantitative estimate of drug-likeness (QED) is 0.799. The van der Waals surface area contributed by atoms with Crippen LogP contribution >= 0.6 is 15.9 Å². The molecule has 21 heavy (non-hydrogen) atoms. The van der Waals surface area contributed by atoms with Gasteiger partial charge in [-0.3, -0.25) is 0 Å². The third-order valence-corrected chi connectivity index (χ3v) is 7.13. The number of hydrogen-bond acceptors (Lipinski definition) is 2. The normalized spacial score (nSPS) is 46.0. The minimum Gasteiger partial charge on any atom is -0.466 e. The van der Waals surface area contributed by atoms with Crippen molar-refractivity contribution in [2.45, 2.75) is 58.4 Å². The van der Waals surface area contributed by atoms with Crippen LogP contribution in [0, 0.1) is 22.2 Å². The first-order valence-electron chi connectivity index (χ1n) is 8.27. The maximum absolute atomic E-state index is 5.86. The molecule has 0 saturated heterocycles. The van der Waals surface area contributed by atoms with Crippen LogP contribution < -0.4 is 5.32 Å². The van der Waals surface area contributed by atoms with Crippen LogP contribution in [-0.2, 0) is 0 Å². The molecule has 0 radical (unpaired) electrons. The van der Waals surface area contributed by atoms with Crippen LogP contribution in [0.5, 0.6) is 0 Å². The van der Waals surface area contributed by atoms with E-state index in [9.17, 15) is 0 Å². The van der Waals surface area contributed by atoms with E-state index in [-0.39, 0.29) is 0 Å². The molecular formula is C18H26BrNO. The number of furan rings is 1. The Kier molecular flexibility index (Phi) is 2.99. The van der Waals surface area contributed by atoms with E-state index >= 15 is 0 Å². The summed E-state index contributed by atoms with van der Waals surface area (Å²) >= 11 is 3.68. The first-order valence-corrected chi connectivity index (χ1v) is 9.07. The number of halogens is 1. The van der Waals surface area contributed by atoms with Gasteiger partial charge in [-0.15, -0.1) is 0 Å². The van der Waals surface area contributed by atoms with Gasteiger partial charge < -0.3 is 9.73 Å². The van der Waals surface area contributed by atoms with Crippen LogP contribution in [0.4, 0.5) is 0 Å². The van der Waals surface area contributed by atoms with Crippen LogP contribution in [0.1, 0.15) is 64.2 Å². The summed E-state index contributed by atoms with van der Waals surface area (Å²) in [5, 5.41) is 3.61. The molecule has 2 nitrogen and oxygen atoms in total. The lowest BCUT2D eigenvalue weighted by atomic mass is 9.39. The maximum atomic E-state index is 5.86. The second-order valence-electron chi connectivity index (χ2n) is 8.85. The fraction of sp³-hybridized carbons (Fsp3) is 0.778. The van der Waals surface area contributed by atoms with Crippen molar-refractivity contribution >= 4 is 15.9 Å². The van der Waals surface area contributed by atoms with Gasteiger partial charge in [-0.25, -0.2) is 0 Å². The number of rotatable bonds is 3. The summed E-state index contributed by atoms with van der Waals surface area (Å²) in [6, 6.07) is 2.37. The van der Waals surface area contributed by atoms with Crippen molar-refractivity contribution in [1.82, 2.24) is 5.32 Å². The fourth-order valence-corrected chi connectivity index (χ4v) is 7.52. The molecule has 0 aliphatic heterocycles. The fourth-order valence-electron chi connectivity index (χ4n) is 7.08. The smallest absolute Gasteiger partial charge is 0.135 e. The molecule has 0 spiro atoms. The monoisotopic (exact) mass is 351 g/mol. The Bertz CT molecular complexity index is 547. The first-order chi connectivity index (χ1) is 9.87. The second-order valence-corrected chi connectivity index (χ2v) is 9.70. The Labute approximate surface area is 136 Å². The van der Waals surface area contributed by atoms with Gasteiger partial charge in [0.1, 0.15) is 5.76 Å². The van der Waals surface area contributed by atoms with Gasteiger partial charge in [-0.05, 0) is 89.7 Å². The molecule has 1 N–H and O–H groups in total. The van der Waals surface area contributed by atoms with E-state index in [1.807, 2.05) is 12.3 Å². The summed E-state index contributed by atoms with van der Waals surface area (Å²) in [5.41, 5.74) is 1.46. The molecule has 116 valence electrons. The molecule has 5 rings (SSSR count). The molecule has 4 aliphatic carbocycles. The van der Waals surface area contributed by atoms with E-state index in [1.165, 1.54) is 38.5 Å². The molecule has 1 heterocycles. The molecule has 4 fully saturated rings. The van der Waals surface area contributed by atoms with Crippen LogP contribution in [-0.4, -0.2) is 7.05 Å². The molecule has 3 atom stereocenters. The summed E-state index contributed by atoms with van der Waals surface area (Å²) in [6.07, 6.45) is 10.2. The number of hydrogen-bond donors (Lipinski definition) is 1. The molecule has 4 bridgehead atoms. The topological polar surface area (TPSA) is 25.2 Å².